The molecule has 2 fully saturated rings. The van der Waals surface area contributed by atoms with Crippen LogP contribution in [-0.2, 0) is 16.6 Å². The van der Waals surface area contributed by atoms with Crippen molar-refractivity contribution in [2.75, 3.05) is 0 Å². The average Bonchev–Trinajstić information content (AvgIpc) is 2.89. The van der Waals surface area contributed by atoms with Gasteiger partial charge in [0.2, 0.25) is 5.91 Å². The SMILES string of the molecule is Cn1nnnc1C(S)C1(C)SC2CC(=O)N2C1C(=O)O. The monoisotopic (exact) mass is 315 g/mol. The number of nitrogens with zero attached hydrogens (tertiary/aromatic N) is 5. The molecular formula is C10H13N5O3S2. The van der Waals surface area contributed by atoms with Gasteiger partial charge in [0.15, 0.2) is 5.82 Å². The van der Waals surface area contributed by atoms with Crippen LogP contribution in [0.25, 0.3) is 0 Å². The molecule has 0 spiro atoms. The van der Waals surface area contributed by atoms with Gasteiger partial charge >= 0.3 is 5.97 Å². The number of β-lactam (4-membered cyclic amide) rings is 1. The van der Waals surface area contributed by atoms with Gasteiger partial charge in [0.05, 0.1) is 21.8 Å². The molecule has 3 rings (SSSR count). The standard InChI is InChI=1S/C10H13N5O3S2/c1-10(7(19)8-11-12-13-14(8)2)6(9(17)18)15-4(16)3-5(15)20-10/h5-7,19H,3H2,1-2H3,(H,17,18). The third-order valence-electron chi connectivity index (χ3n) is 3.83. The number of aromatic nitrogens is 4. The number of thioether (sulfide) groups is 1. The summed E-state index contributed by atoms with van der Waals surface area (Å²) in [5.74, 6) is -0.662. The molecule has 4 atom stereocenters. The van der Waals surface area contributed by atoms with Crippen molar-refractivity contribution in [3.8, 4) is 0 Å². The zero-order chi connectivity index (χ0) is 14.7. The Balaban J connectivity index is 2.00. The van der Waals surface area contributed by atoms with Crippen LogP contribution in [0.4, 0.5) is 0 Å². The van der Waals surface area contributed by atoms with Gasteiger partial charge in [-0.1, -0.05) is 0 Å². The highest BCUT2D eigenvalue weighted by Crippen LogP contribution is 2.57. The lowest BCUT2D eigenvalue weighted by molar-refractivity contribution is -0.157. The van der Waals surface area contributed by atoms with Gasteiger partial charge in [0.1, 0.15) is 6.04 Å². The minimum absolute atomic E-state index is 0.0931. The smallest absolute Gasteiger partial charge is 0.327 e. The van der Waals surface area contributed by atoms with Crippen LogP contribution in [0.15, 0.2) is 0 Å². The Morgan fingerprint density at radius 3 is 2.85 bits per heavy atom. The van der Waals surface area contributed by atoms with Crippen molar-refractivity contribution in [3.05, 3.63) is 5.82 Å². The average molecular weight is 315 g/mol. The second-order valence-corrected chi connectivity index (χ2v) is 7.24. The number of tetrazole rings is 1. The third kappa shape index (κ3) is 1.67. The van der Waals surface area contributed by atoms with Crippen LogP contribution in [0, 0.1) is 0 Å². The zero-order valence-corrected chi connectivity index (χ0v) is 12.5. The van der Waals surface area contributed by atoms with E-state index in [-0.39, 0.29) is 11.3 Å². The Morgan fingerprint density at radius 1 is 1.65 bits per heavy atom. The van der Waals surface area contributed by atoms with Crippen LogP contribution in [0.3, 0.4) is 0 Å². The van der Waals surface area contributed by atoms with Gasteiger partial charge in [-0.25, -0.2) is 9.48 Å². The predicted octanol–water partition coefficient (Wildman–Crippen LogP) is -0.302. The van der Waals surface area contributed by atoms with E-state index in [1.807, 2.05) is 0 Å². The first-order valence-corrected chi connectivity index (χ1v) is 7.38. The molecule has 0 bridgehead atoms. The fraction of sp³-hybridized carbons (Fsp3) is 0.700. The summed E-state index contributed by atoms with van der Waals surface area (Å²) in [6.45, 7) is 1.80. The highest BCUT2D eigenvalue weighted by molar-refractivity contribution is 8.02. The Bertz CT molecular complexity index is 593. The molecular weight excluding hydrogens is 302 g/mol. The molecule has 10 heteroatoms. The number of carbonyl (C=O) groups excluding carboxylic acids is 1. The number of thiol groups is 1. The number of carboxylic acids is 1. The first kappa shape index (κ1) is 13.7. The lowest BCUT2D eigenvalue weighted by Gasteiger charge is -2.37. The molecule has 8 nitrogen and oxygen atoms in total. The second kappa shape index (κ2) is 4.35. The maximum atomic E-state index is 11.7. The Labute approximate surface area is 124 Å². The van der Waals surface area contributed by atoms with E-state index in [9.17, 15) is 14.7 Å². The second-order valence-electron chi connectivity index (χ2n) is 5.07. The number of hydrogen-bond donors (Lipinski definition) is 2. The molecule has 0 radical (unpaired) electrons. The number of hydrogen-bond acceptors (Lipinski definition) is 7. The van der Waals surface area contributed by atoms with E-state index in [4.69, 9.17) is 0 Å². The van der Waals surface area contributed by atoms with Crippen molar-refractivity contribution in [3.63, 3.8) is 0 Å². The summed E-state index contributed by atoms with van der Waals surface area (Å²) in [5.41, 5.74) is 0. The Hall–Kier alpha value is -1.29. The number of rotatable bonds is 3. The fourth-order valence-corrected chi connectivity index (χ4v) is 5.03. The van der Waals surface area contributed by atoms with Crippen molar-refractivity contribution in [2.24, 2.45) is 7.05 Å². The van der Waals surface area contributed by atoms with Crippen LogP contribution in [0.2, 0.25) is 0 Å². The lowest BCUT2D eigenvalue weighted by Crippen LogP contribution is -2.58. The Morgan fingerprint density at radius 2 is 2.35 bits per heavy atom. The van der Waals surface area contributed by atoms with E-state index in [0.717, 1.165) is 0 Å². The maximum absolute atomic E-state index is 11.7. The molecule has 0 aromatic carbocycles. The van der Waals surface area contributed by atoms with Crippen LogP contribution in [0.1, 0.15) is 24.4 Å². The number of carbonyl (C=O) groups is 2. The van der Waals surface area contributed by atoms with Crippen LogP contribution in [0.5, 0.6) is 0 Å². The summed E-state index contributed by atoms with van der Waals surface area (Å²) in [5, 5.41) is 20.1. The quantitative estimate of drug-likeness (QED) is 0.583. The summed E-state index contributed by atoms with van der Waals surface area (Å²) in [4.78, 5) is 24.7. The summed E-state index contributed by atoms with van der Waals surface area (Å²) in [7, 11) is 1.68. The van der Waals surface area contributed by atoms with Crippen LogP contribution < -0.4 is 0 Å². The maximum Gasteiger partial charge on any atom is 0.327 e. The predicted molar refractivity (Wildman–Crippen MR) is 73.2 cm³/mol. The molecule has 1 amide bonds. The molecule has 1 N–H and O–H groups in total. The van der Waals surface area contributed by atoms with Crippen molar-refractivity contribution < 1.29 is 14.7 Å². The van der Waals surface area contributed by atoms with E-state index < -0.39 is 22.0 Å². The largest absolute Gasteiger partial charge is 0.480 e. The molecule has 1 aromatic rings. The van der Waals surface area contributed by atoms with Gasteiger partial charge in [-0.3, -0.25) is 4.79 Å². The van der Waals surface area contributed by atoms with Gasteiger partial charge < -0.3 is 10.0 Å². The van der Waals surface area contributed by atoms with Crippen molar-refractivity contribution in [2.45, 2.75) is 34.8 Å². The van der Waals surface area contributed by atoms with E-state index in [1.165, 1.54) is 21.3 Å². The van der Waals surface area contributed by atoms with Crippen molar-refractivity contribution in [1.82, 2.24) is 25.1 Å². The third-order valence-corrected chi connectivity index (χ3v) is 6.41. The number of fused-ring (bicyclic) bond motifs is 1. The van der Waals surface area contributed by atoms with Gasteiger partial charge in [-0.05, 0) is 17.4 Å². The molecule has 0 saturated carbocycles. The topological polar surface area (TPSA) is 101 Å². The molecule has 108 valence electrons. The van der Waals surface area contributed by atoms with E-state index in [1.54, 1.807) is 14.0 Å². The summed E-state index contributed by atoms with van der Waals surface area (Å²) in [6, 6.07) is -0.919. The molecule has 0 aliphatic carbocycles. The summed E-state index contributed by atoms with van der Waals surface area (Å²) < 4.78 is 0.689. The van der Waals surface area contributed by atoms with E-state index in [0.29, 0.717) is 12.2 Å². The number of carboxylic acid groups (broad SMARTS) is 1. The first-order chi connectivity index (χ1) is 9.36. The molecule has 1 aromatic heterocycles. The zero-order valence-electron chi connectivity index (χ0n) is 10.8. The normalized spacial score (nSPS) is 33.8. The van der Waals surface area contributed by atoms with Gasteiger partial charge in [0, 0.05) is 7.05 Å². The number of amides is 1. The molecule has 2 saturated heterocycles. The van der Waals surface area contributed by atoms with Crippen LogP contribution >= 0.6 is 24.4 Å². The van der Waals surface area contributed by atoms with Gasteiger partial charge in [-0.15, -0.1) is 16.9 Å². The molecule has 4 unspecified atom stereocenters. The van der Waals surface area contributed by atoms with E-state index in [2.05, 4.69) is 28.2 Å². The molecule has 3 heterocycles. The van der Waals surface area contributed by atoms with E-state index >= 15 is 0 Å². The minimum atomic E-state index is -1.02. The highest BCUT2D eigenvalue weighted by atomic mass is 32.2. The molecule has 2 aliphatic heterocycles. The number of aryl methyl sites for hydroxylation is 1. The number of aliphatic carboxylic acids is 1. The van der Waals surface area contributed by atoms with Crippen LogP contribution in [-0.4, -0.2) is 58.3 Å². The Kier molecular flexibility index (Phi) is 2.98. The van der Waals surface area contributed by atoms with Gasteiger partial charge in [-0.2, -0.15) is 12.6 Å². The van der Waals surface area contributed by atoms with Crippen molar-refractivity contribution >= 4 is 36.3 Å². The van der Waals surface area contributed by atoms with Crippen molar-refractivity contribution in [1.29, 1.82) is 0 Å². The summed E-state index contributed by atoms with van der Waals surface area (Å²) >= 11 is 6.00. The molecule has 20 heavy (non-hydrogen) atoms. The first-order valence-electron chi connectivity index (χ1n) is 5.98. The fourth-order valence-electron chi connectivity index (χ4n) is 2.75. The molecule has 2 aliphatic rings. The summed E-state index contributed by atoms with van der Waals surface area (Å²) in [6.07, 6.45) is 0.377. The van der Waals surface area contributed by atoms with Gasteiger partial charge in [0.25, 0.3) is 0 Å². The lowest BCUT2D eigenvalue weighted by atomic mass is 9.92. The minimum Gasteiger partial charge on any atom is -0.480 e. The highest BCUT2D eigenvalue weighted by Gasteiger charge is 2.63.